The van der Waals surface area contributed by atoms with Crippen LogP contribution in [0.25, 0.3) is 0 Å². The Hall–Kier alpha value is -1.27. The van der Waals surface area contributed by atoms with Gasteiger partial charge in [-0.05, 0) is 65.0 Å². The zero-order valence-electron chi connectivity index (χ0n) is 20.5. The minimum Gasteiger partial charge on any atom is -0.319 e. The Balaban J connectivity index is 1.33. The van der Waals surface area contributed by atoms with Crippen LogP contribution in [0.3, 0.4) is 0 Å². The van der Waals surface area contributed by atoms with Crippen molar-refractivity contribution in [3.8, 4) is 0 Å². The number of rotatable bonds is 8. The smallest absolute Gasteiger partial charge is 0.319 e. The lowest BCUT2D eigenvalue weighted by Crippen LogP contribution is -2.65. The van der Waals surface area contributed by atoms with E-state index < -0.39 is 21.2 Å². The number of hydrazine groups is 1. The molecule has 0 spiro atoms. The van der Waals surface area contributed by atoms with Gasteiger partial charge in [0.15, 0.2) is 0 Å². The normalized spacial score (nSPS) is 34.6. The highest BCUT2D eigenvalue weighted by molar-refractivity contribution is 7.90. The Morgan fingerprint density at radius 1 is 1.12 bits per heavy atom. The van der Waals surface area contributed by atoms with Crippen molar-refractivity contribution in [2.24, 2.45) is 11.8 Å². The molecule has 2 aliphatic carbocycles. The number of fused-ring (bicyclic) bond motifs is 1. The van der Waals surface area contributed by atoms with Crippen molar-refractivity contribution in [3.05, 3.63) is 0 Å². The van der Waals surface area contributed by atoms with Crippen LogP contribution in [-0.4, -0.2) is 110 Å². The second-order valence-corrected chi connectivity index (χ2v) is 13.4. The third-order valence-electron chi connectivity index (χ3n) is 8.53. The molecule has 3 amide bonds. The number of nitrogens with one attached hydrogen (secondary N) is 2. The van der Waals surface area contributed by atoms with E-state index in [1.165, 1.54) is 17.7 Å². The van der Waals surface area contributed by atoms with Gasteiger partial charge in [0, 0.05) is 57.3 Å². The van der Waals surface area contributed by atoms with E-state index in [2.05, 4.69) is 15.0 Å². The van der Waals surface area contributed by atoms with Crippen molar-refractivity contribution in [2.45, 2.75) is 68.7 Å². The summed E-state index contributed by atoms with van der Waals surface area (Å²) < 4.78 is 29.1. The van der Waals surface area contributed by atoms with Crippen LogP contribution in [0.5, 0.6) is 0 Å². The van der Waals surface area contributed by atoms with E-state index in [-0.39, 0.29) is 29.4 Å². The molecule has 0 bridgehead atoms. The summed E-state index contributed by atoms with van der Waals surface area (Å²) in [5, 5.41) is 1.41. The molecule has 4 unspecified atom stereocenters. The van der Waals surface area contributed by atoms with Crippen molar-refractivity contribution in [1.29, 1.82) is 0 Å². The average Bonchev–Trinajstić information content (AvgIpc) is 3.17. The monoisotopic (exact) mass is 496 g/mol. The number of sulfonamides is 1. The van der Waals surface area contributed by atoms with Crippen LogP contribution < -0.4 is 10.1 Å². The summed E-state index contributed by atoms with van der Waals surface area (Å²) in [4.78, 5) is 32.9. The number of carbonyl (C=O) groups excluding carboxylic acids is 2. The Bertz CT molecular complexity index is 903. The maximum absolute atomic E-state index is 13.6. The third-order valence-corrected chi connectivity index (χ3v) is 10.6. The van der Waals surface area contributed by atoms with Gasteiger partial charge in [-0.15, -0.1) is 0 Å². The number of hydrogen-bond donors (Lipinski definition) is 2. The van der Waals surface area contributed by atoms with Gasteiger partial charge in [-0.25, -0.2) is 22.9 Å². The van der Waals surface area contributed by atoms with E-state index in [1.54, 1.807) is 0 Å². The van der Waals surface area contributed by atoms with Gasteiger partial charge in [-0.1, -0.05) is 0 Å². The first-order valence-electron chi connectivity index (χ1n) is 13.0. The van der Waals surface area contributed by atoms with Crippen LogP contribution >= 0.6 is 0 Å². The van der Waals surface area contributed by atoms with Crippen molar-refractivity contribution in [2.75, 3.05) is 52.9 Å². The predicted molar refractivity (Wildman–Crippen MR) is 128 cm³/mol. The number of urea groups is 1. The van der Waals surface area contributed by atoms with Crippen molar-refractivity contribution in [3.63, 3.8) is 0 Å². The first kappa shape index (κ1) is 24.4. The number of imide groups is 1. The maximum Gasteiger partial charge on any atom is 0.327 e. The van der Waals surface area contributed by atoms with Crippen molar-refractivity contribution >= 4 is 22.0 Å². The first-order chi connectivity index (χ1) is 16.2. The number of likely N-dealkylation sites (tertiary alicyclic amines) is 1. The van der Waals surface area contributed by atoms with Crippen LogP contribution in [-0.2, 0) is 14.8 Å². The lowest BCUT2D eigenvalue weighted by Gasteiger charge is -2.48. The summed E-state index contributed by atoms with van der Waals surface area (Å²) in [7, 11) is -1.54. The summed E-state index contributed by atoms with van der Waals surface area (Å²) in [6.45, 7) is 7.36. The number of amides is 3. The highest BCUT2D eigenvalue weighted by atomic mass is 32.2. The molecule has 4 atom stereocenters. The Kier molecular flexibility index (Phi) is 6.69. The van der Waals surface area contributed by atoms with Gasteiger partial charge in [0.25, 0.3) is 0 Å². The minimum absolute atomic E-state index is 0.175. The van der Waals surface area contributed by atoms with Crippen LogP contribution in [0.4, 0.5) is 4.79 Å². The second kappa shape index (κ2) is 9.31. The molecule has 0 aromatic rings. The van der Waals surface area contributed by atoms with E-state index in [0.717, 1.165) is 45.6 Å². The van der Waals surface area contributed by atoms with Gasteiger partial charge in [0.2, 0.25) is 15.9 Å². The quantitative estimate of drug-likeness (QED) is 0.502. The summed E-state index contributed by atoms with van der Waals surface area (Å²) in [5.74, 6) is -0.459. The predicted octanol–water partition coefficient (Wildman–Crippen LogP) is 0.422. The highest BCUT2D eigenvalue weighted by Gasteiger charge is 2.52. The molecule has 3 heterocycles. The lowest BCUT2D eigenvalue weighted by atomic mass is 9.80. The van der Waals surface area contributed by atoms with Gasteiger partial charge in [0.05, 0.1) is 11.2 Å². The molecule has 3 saturated heterocycles. The van der Waals surface area contributed by atoms with Gasteiger partial charge in [-0.3, -0.25) is 15.1 Å². The fraction of sp³-hybridized carbons (Fsp3) is 0.913. The fourth-order valence-electron chi connectivity index (χ4n) is 6.21. The highest BCUT2D eigenvalue weighted by Crippen LogP contribution is 2.40. The van der Waals surface area contributed by atoms with E-state index in [1.807, 2.05) is 23.9 Å². The van der Waals surface area contributed by atoms with E-state index in [9.17, 15) is 18.0 Å². The van der Waals surface area contributed by atoms with E-state index in [4.69, 9.17) is 0 Å². The molecule has 5 aliphatic rings. The largest absolute Gasteiger partial charge is 0.327 e. The third kappa shape index (κ3) is 5.00. The summed E-state index contributed by atoms with van der Waals surface area (Å²) >= 11 is 0. The molecule has 10 nitrogen and oxygen atoms in total. The Labute approximate surface area is 203 Å². The molecule has 2 N–H and O–H groups in total. The zero-order valence-corrected chi connectivity index (χ0v) is 21.4. The minimum atomic E-state index is -3.51. The standard InChI is InChI=1S/C23H40N6O4S/c1-23(7-8-23)25-34(32,33)18-5-6-20-19(13-18)21(30)29(16-17-14-24-26(2)15-17)22(31)28(20)12-11-27-9-3-4-10-27/h17-20,24-25H,3-16H2,1-2H3. The van der Waals surface area contributed by atoms with Crippen LogP contribution in [0.1, 0.15) is 51.9 Å². The number of carbonyl (C=O) groups is 2. The molecule has 34 heavy (non-hydrogen) atoms. The van der Waals surface area contributed by atoms with E-state index in [0.29, 0.717) is 32.4 Å². The summed E-state index contributed by atoms with van der Waals surface area (Å²) in [6, 6.07) is -0.392. The van der Waals surface area contributed by atoms with Gasteiger partial charge in [0.1, 0.15) is 0 Å². The fourth-order valence-corrected chi connectivity index (χ4v) is 8.18. The first-order valence-corrected chi connectivity index (χ1v) is 14.5. The summed E-state index contributed by atoms with van der Waals surface area (Å²) in [6.07, 6.45) is 5.45. The van der Waals surface area contributed by atoms with Crippen LogP contribution in [0.15, 0.2) is 0 Å². The van der Waals surface area contributed by atoms with E-state index >= 15 is 0 Å². The summed E-state index contributed by atoms with van der Waals surface area (Å²) in [5.41, 5.74) is 2.93. The van der Waals surface area contributed by atoms with Gasteiger partial charge < -0.3 is 9.80 Å². The molecule has 0 aromatic carbocycles. The molecular weight excluding hydrogens is 456 g/mol. The molecule has 192 valence electrons. The topological polar surface area (TPSA) is 105 Å². The lowest BCUT2D eigenvalue weighted by molar-refractivity contribution is -0.141. The van der Waals surface area contributed by atoms with Crippen LogP contribution in [0, 0.1) is 11.8 Å². The molecule has 11 heteroatoms. The average molecular weight is 497 g/mol. The molecular formula is C23H40N6O4S. The maximum atomic E-state index is 13.6. The SMILES string of the molecule is CN1CC(CN2C(=O)C3CC(S(=O)(=O)NC4(C)CC4)CCC3N(CCN3CCCC3)C2=O)CN1. The van der Waals surface area contributed by atoms with Crippen molar-refractivity contribution in [1.82, 2.24) is 29.9 Å². The van der Waals surface area contributed by atoms with Gasteiger partial charge in [-0.2, -0.15) is 0 Å². The molecule has 5 rings (SSSR count). The Morgan fingerprint density at radius 3 is 2.50 bits per heavy atom. The molecule has 2 saturated carbocycles. The van der Waals surface area contributed by atoms with Gasteiger partial charge >= 0.3 is 6.03 Å². The molecule has 0 radical (unpaired) electrons. The zero-order chi connectivity index (χ0) is 24.1. The number of nitrogens with zero attached hydrogens (tertiary/aromatic N) is 4. The van der Waals surface area contributed by atoms with Crippen LogP contribution in [0.2, 0.25) is 0 Å². The molecule has 5 fully saturated rings. The Morgan fingerprint density at radius 2 is 1.85 bits per heavy atom. The molecule has 0 aromatic heterocycles. The van der Waals surface area contributed by atoms with Crippen molar-refractivity contribution < 1.29 is 18.0 Å². The molecule has 3 aliphatic heterocycles. The second-order valence-electron chi connectivity index (χ2n) is 11.4. The number of hydrogen-bond acceptors (Lipinski definition) is 7.